The number of carbonyl (C=O) groups excluding carboxylic acids is 1. The summed E-state index contributed by atoms with van der Waals surface area (Å²) in [6.45, 7) is 1.94. The van der Waals surface area contributed by atoms with Crippen LogP contribution in [-0.2, 0) is 4.79 Å². The number of hydrogen-bond acceptors (Lipinski definition) is 2. The van der Waals surface area contributed by atoms with Gasteiger partial charge in [-0.25, -0.2) is 0 Å². The van der Waals surface area contributed by atoms with Gasteiger partial charge in [0.15, 0.2) is 0 Å². The molecule has 0 atom stereocenters. The standard InChI is InChI=1S/C8H10N2O/c1-7-3-4-9-5-8(7)10(2)6-11/h3-6H,1-2H3. The first-order valence-corrected chi connectivity index (χ1v) is 3.34. The van der Waals surface area contributed by atoms with Crippen LogP contribution in [0.25, 0.3) is 0 Å². The van der Waals surface area contributed by atoms with E-state index in [2.05, 4.69) is 4.98 Å². The van der Waals surface area contributed by atoms with E-state index in [0.29, 0.717) is 0 Å². The minimum Gasteiger partial charge on any atom is -0.316 e. The van der Waals surface area contributed by atoms with Crippen LogP contribution in [0.5, 0.6) is 0 Å². The van der Waals surface area contributed by atoms with Gasteiger partial charge >= 0.3 is 0 Å². The number of amides is 1. The van der Waals surface area contributed by atoms with E-state index in [1.165, 1.54) is 4.90 Å². The van der Waals surface area contributed by atoms with Crippen molar-refractivity contribution in [2.45, 2.75) is 6.92 Å². The number of nitrogens with zero attached hydrogens (tertiary/aromatic N) is 2. The highest BCUT2D eigenvalue weighted by Gasteiger charge is 2.00. The number of pyridine rings is 1. The first kappa shape index (κ1) is 7.72. The molecule has 1 amide bonds. The van der Waals surface area contributed by atoms with Gasteiger partial charge in [-0.1, -0.05) is 0 Å². The zero-order valence-electron chi connectivity index (χ0n) is 6.61. The normalized spacial score (nSPS) is 9.27. The summed E-state index contributed by atoms with van der Waals surface area (Å²) in [5, 5.41) is 0. The molecule has 3 heteroatoms. The second-order valence-electron chi connectivity index (χ2n) is 2.38. The highest BCUT2D eigenvalue weighted by Crippen LogP contribution is 2.13. The monoisotopic (exact) mass is 150 g/mol. The summed E-state index contributed by atoms with van der Waals surface area (Å²) in [5.74, 6) is 0. The molecule has 0 radical (unpaired) electrons. The third-order valence-corrected chi connectivity index (χ3v) is 1.55. The maximum absolute atomic E-state index is 10.4. The van der Waals surface area contributed by atoms with Gasteiger partial charge in [-0.05, 0) is 18.6 Å². The Bertz CT molecular complexity index is 260. The third-order valence-electron chi connectivity index (χ3n) is 1.55. The lowest BCUT2D eigenvalue weighted by molar-refractivity contribution is -0.107. The van der Waals surface area contributed by atoms with E-state index in [-0.39, 0.29) is 0 Å². The maximum atomic E-state index is 10.4. The van der Waals surface area contributed by atoms with Gasteiger partial charge in [0.05, 0.1) is 11.9 Å². The van der Waals surface area contributed by atoms with Gasteiger partial charge in [0, 0.05) is 13.2 Å². The summed E-state index contributed by atoms with van der Waals surface area (Å²) < 4.78 is 0. The second kappa shape index (κ2) is 3.14. The molecular formula is C8H10N2O. The van der Waals surface area contributed by atoms with Crippen molar-refractivity contribution in [2.24, 2.45) is 0 Å². The molecule has 1 aromatic heterocycles. The molecule has 1 rings (SSSR count). The molecule has 1 aromatic rings. The summed E-state index contributed by atoms with van der Waals surface area (Å²) in [6.07, 6.45) is 4.14. The van der Waals surface area contributed by atoms with E-state index < -0.39 is 0 Å². The summed E-state index contributed by atoms with van der Waals surface area (Å²) in [5.41, 5.74) is 1.90. The predicted octanol–water partition coefficient (Wildman–Crippen LogP) is 0.983. The van der Waals surface area contributed by atoms with Crippen molar-refractivity contribution in [3.63, 3.8) is 0 Å². The lowest BCUT2D eigenvalue weighted by Crippen LogP contribution is -2.14. The molecule has 0 N–H and O–H groups in total. The molecule has 3 nitrogen and oxygen atoms in total. The molecule has 0 aliphatic heterocycles. The fourth-order valence-electron chi connectivity index (χ4n) is 0.882. The molecule has 0 spiro atoms. The van der Waals surface area contributed by atoms with Crippen LogP contribution in [0.4, 0.5) is 5.69 Å². The highest BCUT2D eigenvalue weighted by molar-refractivity contribution is 5.75. The lowest BCUT2D eigenvalue weighted by atomic mass is 10.2. The average molecular weight is 150 g/mol. The van der Waals surface area contributed by atoms with Crippen molar-refractivity contribution >= 4 is 12.1 Å². The molecule has 11 heavy (non-hydrogen) atoms. The largest absolute Gasteiger partial charge is 0.316 e. The number of aryl methyl sites for hydroxylation is 1. The molecule has 58 valence electrons. The number of anilines is 1. The number of rotatable bonds is 2. The van der Waals surface area contributed by atoms with Gasteiger partial charge in [-0.3, -0.25) is 9.78 Å². The van der Waals surface area contributed by atoms with Crippen molar-refractivity contribution in [1.82, 2.24) is 4.98 Å². The summed E-state index contributed by atoms with van der Waals surface area (Å²) >= 11 is 0. The Morgan fingerprint density at radius 2 is 2.36 bits per heavy atom. The predicted molar refractivity (Wildman–Crippen MR) is 43.4 cm³/mol. The van der Waals surface area contributed by atoms with Crippen LogP contribution in [0.1, 0.15) is 5.56 Å². The fraction of sp³-hybridized carbons (Fsp3) is 0.250. The van der Waals surface area contributed by atoms with Crippen LogP contribution < -0.4 is 4.90 Å². The van der Waals surface area contributed by atoms with E-state index in [4.69, 9.17) is 0 Å². The molecule has 0 aliphatic carbocycles. The quantitative estimate of drug-likeness (QED) is 0.589. The summed E-state index contributed by atoms with van der Waals surface area (Å²) in [6, 6.07) is 1.87. The first-order chi connectivity index (χ1) is 5.25. The topological polar surface area (TPSA) is 33.2 Å². The van der Waals surface area contributed by atoms with Gasteiger partial charge in [0.25, 0.3) is 0 Å². The average Bonchev–Trinajstić information content (AvgIpc) is 2.04. The van der Waals surface area contributed by atoms with Crippen LogP contribution in [0.15, 0.2) is 18.5 Å². The Kier molecular flexibility index (Phi) is 2.21. The molecule has 0 saturated carbocycles. The van der Waals surface area contributed by atoms with E-state index in [1.807, 2.05) is 13.0 Å². The van der Waals surface area contributed by atoms with Crippen molar-refractivity contribution < 1.29 is 4.79 Å². The summed E-state index contributed by atoms with van der Waals surface area (Å²) in [4.78, 5) is 15.8. The molecule has 0 aliphatic rings. The molecule has 1 heterocycles. The second-order valence-corrected chi connectivity index (χ2v) is 2.38. The van der Waals surface area contributed by atoms with Gasteiger partial charge in [-0.2, -0.15) is 0 Å². The van der Waals surface area contributed by atoms with Crippen molar-refractivity contribution in [3.05, 3.63) is 24.0 Å². The van der Waals surface area contributed by atoms with E-state index in [0.717, 1.165) is 17.7 Å². The Morgan fingerprint density at radius 3 is 2.91 bits per heavy atom. The Hall–Kier alpha value is -1.38. The van der Waals surface area contributed by atoms with Crippen molar-refractivity contribution in [3.8, 4) is 0 Å². The van der Waals surface area contributed by atoms with Crippen LogP contribution in [0, 0.1) is 6.92 Å². The lowest BCUT2D eigenvalue weighted by Gasteiger charge is -2.11. The maximum Gasteiger partial charge on any atom is 0.213 e. The number of carbonyl (C=O) groups is 1. The Morgan fingerprint density at radius 1 is 1.64 bits per heavy atom. The van der Waals surface area contributed by atoms with Crippen molar-refractivity contribution in [1.29, 1.82) is 0 Å². The number of aromatic nitrogens is 1. The van der Waals surface area contributed by atoms with E-state index in [9.17, 15) is 4.79 Å². The third kappa shape index (κ3) is 1.55. The van der Waals surface area contributed by atoms with Crippen LogP contribution in [-0.4, -0.2) is 18.4 Å². The number of hydrogen-bond donors (Lipinski definition) is 0. The molecule has 0 aromatic carbocycles. The van der Waals surface area contributed by atoms with Crippen LogP contribution in [0.3, 0.4) is 0 Å². The van der Waals surface area contributed by atoms with Crippen LogP contribution >= 0.6 is 0 Å². The van der Waals surface area contributed by atoms with Crippen LogP contribution in [0.2, 0.25) is 0 Å². The molecule has 0 bridgehead atoms. The van der Waals surface area contributed by atoms with E-state index >= 15 is 0 Å². The van der Waals surface area contributed by atoms with Gasteiger partial charge in [0.1, 0.15) is 0 Å². The molecule has 0 fully saturated rings. The molecule has 0 saturated heterocycles. The minimum absolute atomic E-state index is 0.768. The molecular weight excluding hydrogens is 140 g/mol. The first-order valence-electron chi connectivity index (χ1n) is 3.34. The fourth-order valence-corrected chi connectivity index (χ4v) is 0.882. The van der Waals surface area contributed by atoms with E-state index in [1.54, 1.807) is 19.4 Å². The minimum atomic E-state index is 0.768. The summed E-state index contributed by atoms with van der Waals surface area (Å²) in [7, 11) is 1.71. The smallest absolute Gasteiger partial charge is 0.213 e. The van der Waals surface area contributed by atoms with Gasteiger partial charge in [-0.15, -0.1) is 0 Å². The highest BCUT2D eigenvalue weighted by atomic mass is 16.1. The van der Waals surface area contributed by atoms with Crippen molar-refractivity contribution in [2.75, 3.05) is 11.9 Å². The Balaban J connectivity index is 3.02. The van der Waals surface area contributed by atoms with Gasteiger partial charge in [0.2, 0.25) is 6.41 Å². The molecule has 0 unspecified atom stereocenters. The zero-order chi connectivity index (χ0) is 8.27. The van der Waals surface area contributed by atoms with Gasteiger partial charge < -0.3 is 4.90 Å². The Labute approximate surface area is 65.7 Å². The SMILES string of the molecule is Cc1ccncc1N(C)C=O. The zero-order valence-corrected chi connectivity index (χ0v) is 6.61.